The highest BCUT2D eigenvalue weighted by molar-refractivity contribution is 9.10. The summed E-state index contributed by atoms with van der Waals surface area (Å²) >= 11 is 4.58. The standard InChI is InChI=1S/C19H14BrN3O2S/c20-13-4-6-14(7-5-13)23-17(24)9-16(19(23)25)26-18-12(10-21)8-11-2-1-3-15(11)22-18/h4-8,16H,1-3,9H2/t16-/m0/s1. The number of anilines is 1. The Kier molecular flexibility index (Phi) is 4.55. The maximum absolute atomic E-state index is 12.8. The van der Waals surface area contributed by atoms with Crippen molar-refractivity contribution in [3.05, 3.63) is 51.6 Å². The van der Waals surface area contributed by atoms with Gasteiger partial charge < -0.3 is 0 Å². The summed E-state index contributed by atoms with van der Waals surface area (Å²) < 4.78 is 0.882. The molecule has 26 heavy (non-hydrogen) atoms. The zero-order valence-electron chi connectivity index (χ0n) is 13.7. The van der Waals surface area contributed by atoms with Crippen LogP contribution in [-0.2, 0) is 22.4 Å². The summed E-state index contributed by atoms with van der Waals surface area (Å²) in [5.74, 6) is -0.483. The van der Waals surface area contributed by atoms with Crippen LogP contribution in [0.1, 0.15) is 29.7 Å². The van der Waals surface area contributed by atoms with Crippen LogP contribution in [-0.4, -0.2) is 22.0 Å². The van der Waals surface area contributed by atoms with E-state index in [1.807, 2.05) is 6.07 Å². The molecule has 1 atom stereocenters. The lowest BCUT2D eigenvalue weighted by molar-refractivity contribution is -0.121. The summed E-state index contributed by atoms with van der Waals surface area (Å²) in [6.45, 7) is 0. The maximum atomic E-state index is 12.8. The lowest BCUT2D eigenvalue weighted by Gasteiger charge is -2.15. The van der Waals surface area contributed by atoms with Crippen molar-refractivity contribution in [2.24, 2.45) is 0 Å². The van der Waals surface area contributed by atoms with Gasteiger partial charge in [0, 0.05) is 16.6 Å². The molecular weight excluding hydrogens is 414 g/mol. The number of rotatable bonds is 3. The molecule has 1 saturated heterocycles. The van der Waals surface area contributed by atoms with E-state index in [0.29, 0.717) is 16.3 Å². The smallest absolute Gasteiger partial charge is 0.247 e. The van der Waals surface area contributed by atoms with Gasteiger partial charge in [-0.05, 0) is 55.2 Å². The Morgan fingerprint density at radius 3 is 2.73 bits per heavy atom. The molecule has 1 aromatic heterocycles. The Labute approximate surface area is 163 Å². The molecule has 7 heteroatoms. The molecule has 1 aliphatic carbocycles. The van der Waals surface area contributed by atoms with Gasteiger partial charge in [0.2, 0.25) is 11.8 Å². The first-order chi connectivity index (χ1) is 12.6. The SMILES string of the molecule is N#Cc1cc2c(nc1S[C@H]1CC(=O)N(c3ccc(Br)cc3)C1=O)CCC2. The molecule has 2 amide bonds. The Balaban J connectivity index is 1.60. The second kappa shape index (κ2) is 6.86. The monoisotopic (exact) mass is 427 g/mol. The van der Waals surface area contributed by atoms with Crippen LogP contribution >= 0.6 is 27.7 Å². The number of halogens is 1. The summed E-state index contributed by atoms with van der Waals surface area (Å²) in [7, 11) is 0. The van der Waals surface area contributed by atoms with Crippen LogP contribution < -0.4 is 4.90 Å². The van der Waals surface area contributed by atoms with Crippen molar-refractivity contribution in [3.8, 4) is 6.07 Å². The third-order valence-electron chi connectivity index (χ3n) is 4.58. The van der Waals surface area contributed by atoms with E-state index in [0.717, 1.165) is 35.0 Å². The molecular formula is C19H14BrN3O2S. The highest BCUT2D eigenvalue weighted by Gasteiger charge is 2.40. The fourth-order valence-electron chi connectivity index (χ4n) is 3.32. The van der Waals surface area contributed by atoms with Crippen molar-refractivity contribution < 1.29 is 9.59 Å². The quantitative estimate of drug-likeness (QED) is 0.699. The zero-order chi connectivity index (χ0) is 18.3. The number of hydrogen-bond donors (Lipinski definition) is 0. The molecule has 0 bridgehead atoms. The third-order valence-corrected chi connectivity index (χ3v) is 6.30. The van der Waals surface area contributed by atoms with Crippen LogP contribution in [0.2, 0.25) is 0 Å². The maximum Gasteiger partial charge on any atom is 0.247 e. The number of amides is 2. The number of thioether (sulfide) groups is 1. The van der Waals surface area contributed by atoms with Crippen molar-refractivity contribution in [1.82, 2.24) is 4.98 Å². The second-order valence-electron chi connectivity index (χ2n) is 6.27. The van der Waals surface area contributed by atoms with E-state index >= 15 is 0 Å². The van der Waals surface area contributed by atoms with Crippen molar-refractivity contribution in [3.63, 3.8) is 0 Å². The first-order valence-electron chi connectivity index (χ1n) is 8.28. The molecule has 0 saturated carbocycles. The molecule has 2 aromatic rings. The number of nitrogens with zero attached hydrogens (tertiary/aromatic N) is 3. The average Bonchev–Trinajstić information content (AvgIpc) is 3.19. The molecule has 0 N–H and O–H groups in total. The minimum atomic E-state index is -0.551. The minimum Gasteiger partial charge on any atom is -0.274 e. The van der Waals surface area contributed by atoms with Crippen molar-refractivity contribution in [2.45, 2.75) is 36.0 Å². The van der Waals surface area contributed by atoms with Gasteiger partial charge in [-0.1, -0.05) is 27.7 Å². The van der Waals surface area contributed by atoms with E-state index in [2.05, 4.69) is 27.0 Å². The number of aryl methyl sites for hydroxylation is 2. The molecule has 0 radical (unpaired) electrons. The van der Waals surface area contributed by atoms with Gasteiger partial charge in [-0.2, -0.15) is 5.26 Å². The van der Waals surface area contributed by atoms with Gasteiger partial charge in [0.1, 0.15) is 11.1 Å². The fourth-order valence-corrected chi connectivity index (χ4v) is 4.68. The minimum absolute atomic E-state index is 0.114. The molecule has 0 unspecified atom stereocenters. The van der Waals surface area contributed by atoms with E-state index in [1.165, 1.54) is 16.7 Å². The summed E-state index contributed by atoms with van der Waals surface area (Å²) in [5.41, 5.74) is 3.18. The van der Waals surface area contributed by atoms with Crippen molar-refractivity contribution in [2.75, 3.05) is 4.90 Å². The molecule has 2 heterocycles. The fraction of sp³-hybridized carbons (Fsp3) is 0.263. The lowest BCUT2D eigenvalue weighted by Crippen LogP contribution is -2.31. The topological polar surface area (TPSA) is 74.1 Å². The predicted molar refractivity (Wildman–Crippen MR) is 102 cm³/mol. The van der Waals surface area contributed by atoms with E-state index in [9.17, 15) is 14.9 Å². The number of fused-ring (bicyclic) bond motifs is 1. The average molecular weight is 428 g/mol. The van der Waals surface area contributed by atoms with Gasteiger partial charge in [-0.3, -0.25) is 9.59 Å². The van der Waals surface area contributed by atoms with Gasteiger partial charge >= 0.3 is 0 Å². The van der Waals surface area contributed by atoms with Gasteiger partial charge in [0.15, 0.2) is 0 Å². The van der Waals surface area contributed by atoms with Gasteiger partial charge in [-0.15, -0.1) is 0 Å². The van der Waals surface area contributed by atoms with Crippen LogP contribution in [0.4, 0.5) is 5.69 Å². The first kappa shape index (κ1) is 17.3. The Hall–Kier alpha value is -2.17. The number of nitriles is 1. The van der Waals surface area contributed by atoms with Crippen LogP contribution in [0.5, 0.6) is 0 Å². The van der Waals surface area contributed by atoms with Crippen molar-refractivity contribution in [1.29, 1.82) is 5.26 Å². The van der Waals surface area contributed by atoms with Gasteiger partial charge in [0.25, 0.3) is 0 Å². The summed E-state index contributed by atoms with van der Waals surface area (Å²) in [6.07, 6.45) is 3.00. The number of pyridine rings is 1. The first-order valence-corrected chi connectivity index (χ1v) is 9.96. The molecule has 0 spiro atoms. The van der Waals surface area contributed by atoms with Crippen LogP contribution in [0.25, 0.3) is 0 Å². The number of aromatic nitrogens is 1. The highest BCUT2D eigenvalue weighted by Crippen LogP contribution is 2.36. The Morgan fingerprint density at radius 1 is 1.23 bits per heavy atom. The van der Waals surface area contributed by atoms with Crippen LogP contribution in [0.15, 0.2) is 39.8 Å². The second-order valence-corrected chi connectivity index (χ2v) is 8.37. The Bertz CT molecular complexity index is 952. The molecule has 1 aliphatic heterocycles. The molecule has 4 rings (SSSR count). The van der Waals surface area contributed by atoms with E-state index < -0.39 is 5.25 Å². The summed E-state index contributed by atoms with van der Waals surface area (Å²) in [6, 6.07) is 11.1. The number of carbonyl (C=O) groups excluding carboxylic acids is 2. The third kappa shape index (κ3) is 3.04. The molecule has 5 nitrogen and oxygen atoms in total. The molecule has 1 fully saturated rings. The van der Waals surface area contributed by atoms with Gasteiger partial charge in [0.05, 0.1) is 16.5 Å². The molecule has 130 valence electrons. The molecule has 2 aliphatic rings. The van der Waals surface area contributed by atoms with Crippen LogP contribution in [0.3, 0.4) is 0 Å². The Morgan fingerprint density at radius 2 is 2.00 bits per heavy atom. The number of benzene rings is 1. The summed E-state index contributed by atoms with van der Waals surface area (Å²) in [4.78, 5) is 31.0. The zero-order valence-corrected chi connectivity index (χ0v) is 16.1. The predicted octanol–water partition coefficient (Wildman–Crippen LogP) is 3.63. The summed E-state index contributed by atoms with van der Waals surface area (Å²) in [5, 5.41) is 9.43. The van der Waals surface area contributed by atoms with E-state index in [4.69, 9.17) is 0 Å². The lowest BCUT2D eigenvalue weighted by atomic mass is 10.2. The van der Waals surface area contributed by atoms with Gasteiger partial charge in [-0.25, -0.2) is 9.88 Å². The van der Waals surface area contributed by atoms with E-state index in [-0.39, 0.29) is 18.2 Å². The number of hydrogen-bond acceptors (Lipinski definition) is 5. The van der Waals surface area contributed by atoms with E-state index in [1.54, 1.807) is 24.3 Å². The largest absolute Gasteiger partial charge is 0.274 e. The highest BCUT2D eigenvalue weighted by atomic mass is 79.9. The van der Waals surface area contributed by atoms with Crippen LogP contribution in [0, 0.1) is 11.3 Å². The molecule has 1 aromatic carbocycles. The normalized spacial score (nSPS) is 18.9. The van der Waals surface area contributed by atoms with Crippen molar-refractivity contribution >= 4 is 45.2 Å². The number of carbonyl (C=O) groups is 2. The number of imide groups is 1.